The number of phenolic OH excluding ortho intramolecular Hbond substituents is 2. The Hall–Kier alpha value is -2.65. The van der Waals surface area contributed by atoms with Crippen molar-refractivity contribution in [3.8, 4) is 17.2 Å². The molecule has 0 radical (unpaired) electrons. The predicted octanol–water partition coefficient (Wildman–Crippen LogP) is 4.97. The first-order valence-electron chi connectivity index (χ1n) is 7.70. The van der Waals surface area contributed by atoms with Gasteiger partial charge in [0.15, 0.2) is 0 Å². The first-order chi connectivity index (χ1) is 11.6. The molecule has 3 aromatic carbocycles. The maximum absolute atomic E-state index is 10.6. The molecular formula is C20H15ClO3. The molecule has 3 nitrogen and oxygen atoms in total. The topological polar surface area (TPSA) is 49.7 Å². The van der Waals surface area contributed by atoms with Crippen LogP contribution < -0.4 is 4.74 Å². The van der Waals surface area contributed by atoms with Gasteiger partial charge < -0.3 is 14.9 Å². The van der Waals surface area contributed by atoms with Crippen LogP contribution in [0.1, 0.15) is 11.1 Å². The van der Waals surface area contributed by atoms with Gasteiger partial charge in [0, 0.05) is 33.3 Å². The van der Waals surface area contributed by atoms with Crippen molar-refractivity contribution in [1.29, 1.82) is 0 Å². The minimum Gasteiger partial charge on any atom is -0.507 e. The van der Waals surface area contributed by atoms with Crippen LogP contribution in [-0.4, -0.2) is 10.2 Å². The Kier molecular flexibility index (Phi) is 3.58. The maximum Gasteiger partial charge on any atom is 0.127 e. The molecule has 0 atom stereocenters. The number of halogens is 1. The zero-order chi connectivity index (χ0) is 16.7. The Morgan fingerprint density at radius 1 is 0.833 bits per heavy atom. The van der Waals surface area contributed by atoms with Gasteiger partial charge in [0.25, 0.3) is 0 Å². The highest BCUT2D eigenvalue weighted by atomic mass is 35.5. The first kappa shape index (κ1) is 14.9. The normalized spacial score (nSPS) is 13.5. The lowest BCUT2D eigenvalue weighted by Crippen LogP contribution is -2.09. The Morgan fingerprint density at radius 3 is 2.12 bits per heavy atom. The Labute approximate surface area is 144 Å². The second kappa shape index (κ2) is 5.77. The van der Waals surface area contributed by atoms with Crippen LogP contribution in [0.5, 0.6) is 17.2 Å². The SMILES string of the molecule is Oc1c2c(c(O)c3ccccc13)CC(Oc1ccc(Cl)cc1)=CC2. The Balaban J connectivity index is 1.71. The fraction of sp³-hybridized carbons (Fsp3) is 0.100. The van der Waals surface area contributed by atoms with Crippen molar-refractivity contribution in [1.82, 2.24) is 0 Å². The monoisotopic (exact) mass is 338 g/mol. The van der Waals surface area contributed by atoms with Crippen LogP contribution >= 0.6 is 11.6 Å². The number of phenols is 2. The average molecular weight is 339 g/mol. The van der Waals surface area contributed by atoms with Gasteiger partial charge in [0.2, 0.25) is 0 Å². The lowest BCUT2D eigenvalue weighted by molar-refractivity contribution is 0.399. The van der Waals surface area contributed by atoms with Crippen LogP contribution in [0.15, 0.2) is 60.4 Å². The van der Waals surface area contributed by atoms with E-state index in [1.807, 2.05) is 30.3 Å². The first-order valence-corrected chi connectivity index (χ1v) is 8.08. The molecule has 0 aliphatic heterocycles. The number of fused-ring (bicyclic) bond motifs is 2. The summed E-state index contributed by atoms with van der Waals surface area (Å²) in [6, 6.07) is 14.5. The molecule has 0 unspecified atom stereocenters. The third-order valence-electron chi connectivity index (χ3n) is 4.32. The fourth-order valence-corrected chi connectivity index (χ4v) is 3.24. The van der Waals surface area contributed by atoms with E-state index in [4.69, 9.17) is 16.3 Å². The van der Waals surface area contributed by atoms with Crippen molar-refractivity contribution in [2.24, 2.45) is 0 Å². The van der Waals surface area contributed by atoms with Crippen molar-refractivity contribution in [3.63, 3.8) is 0 Å². The minimum absolute atomic E-state index is 0.212. The zero-order valence-electron chi connectivity index (χ0n) is 12.8. The molecule has 0 aromatic heterocycles. The number of hydrogen-bond donors (Lipinski definition) is 2. The van der Waals surface area contributed by atoms with E-state index in [0.29, 0.717) is 34.4 Å². The molecule has 4 rings (SSSR count). The molecule has 3 aromatic rings. The molecule has 120 valence electrons. The summed E-state index contributed by atoms with van der Waals surface area (Å²) in [5.41, 5.74) is 1.48. The van der Waals surface area contributed by atoms with Crippen molar-refractivity contribution in [3.05, 3.63) is 76.5 Å². The molecule has 24 heavy (non-hydrogen) atoms. The molecule has 4 heteroatoms. The maximum atomic E-state index is 10.6. The van der Waals surface area contributed by atoms with E-state index >= 15 is 0 Å². The van der Waals surface area contributed by atoms with Gasteiger partial charge in [0.1, 0.15) is 23.0 Å². The molecular weight excluding hydrogens is 324 g/mol. The predicted molar refractivity (Wildman–Crippen MR) is 94.8 cm³/mol. The summed E-state index contributed by atoms with van der Waals surface area (Å²) in [5, 5.41) is 23.1. The van der Waals surface area contributed by atoms with Gasteiger partial charge in [-0.3, -0.25) is 0 Å². The van der Waals surface area contributed by atoms with Crippen molar-refractivity contribution in [2.75, 3.05) is 0 Å². The summed E-state index contributed by atoms with van der Waals surface area (Å²) in [6.45, 7) is 0. The second-order valence-electron chi connectivity index (χ2n) is 5.81. The van der Waals surface area contributed by atoms with Crippen LogP contribution in [-0.2, 0) is 12.8 Å². The molecule has 0 amide bonds. The summed E-state index contributed by atoms with van der Waals surface area (Å²) in [4.78, 5) is 0. The molecule has 1 aliphatic rings. The molecule has 0 saturated carbocycles. The quantitative estimate of drug-likeness (QED) is 0.649. The third kappa shape index (κ3) is 2.47. The van der Waals surface area contributed by atoms with Gasteiger partial charge in [-0.15, -0.1) is 0 Å². The molecule has 1 aliphatic carbocycles. The Bertz CT molecular complexity index is 959. The van der Waals surface area contributed by atoms with E-state index in [1.54, 1.807) is 24.3 Å². The number of allylic oxidation sites excluding steroid dienone is 2. The number of ether oxygens (including phenoxy) is 1. The van der Waals surface area contributed by atoms with Crippen LogP contribution in [0, 0.1) is 0 Å². The van der Waals surface area contributed by atoms with E-state index in [0.717, 1.165) is 16.9 Å². The fourth-order valence-electron chi connectivity index (χ4n) is 3.11. The number of hydrogen-bond acceptors (Lipinski definition) is 3. The van der Waals surface area contributed by atoms with E-state index in [1.165, 1.54) is 0 Å². The molecule has 0 heterocycles. The summed E-state index contributed by atoms with van der Waals surface area (Å²) in [5.74, 6) is 1.89. The van der Waals surface area contributed by atoms with Gasteiger partial charge in [-0.25, -0.2) is 0 Å². The largest absolute Gasteiger partial charge is 0.507 e. The van der Waals surface area contributed by atoms with Gasteiger partial charge >= 0.3 is 0 Å². The highest BCUT2D eigenvalue weighted by molar-refractivity contribution is 6.30. The standard InChI is InChI=1S/C20H15ClO3/c21-12-5-7-13(8-6-12)24-14-9-10-17-18(11-14)20(23)16-4-2-1-3-15(16)19(17)22/h1-9,22-23H,10-11H2. The number of aromatic hydroxyl groups is 2. The lowest BCUT2D eigenvalue weighted by atomic mass is 9.90. The van der Waals surface area contributed by atoms with E-state index < -0.39 is 0 Å². The van der Waals surface area contributed by atoms with Gasteiger partial charge in [0.05, 0.1) is 0 Å². The van der Waals surface area contributed by atoms with E-state index in [-0.39, 0.29) is 11.5 Å². The number of rotatable bonds is 2. The molecule has 0 spiro atoms. The van der Waals surface area contributed by atoms with Crippen LogP contribution in [0.25, 0.3) is 10.8 Å². The molecule has 0 bridgehead atoms. The second-order valence-corrected chi connectivity index (χ2v) is 6.24. The molecule has 0 saturated heterocycles. The molecule has 0 fully saturated rings. The highest BCUT2D eigenvalue weighted by Gasteiger charge is 2.22. The zero-order valence-corrected chi connectivity index (χ0v) is 13.5. The van der Waals surface area contributed by atoms with Crippen LogP contribution in [0.4, 0.5) is 0 Å². The number of benzene rings is 3. The van der Waals surface area contributed by atoms with E-state index in [2.05, 4.69) is 0 Å². The van der Waals surface area contributed by atoms with Gasteiger partial charge in [-0.2, -0.15) is 0 Å². The molecule has 2 N–H and O–H groups in total. The average Bonchev–Trinajstić information content (AvgIpc) is 2.62. The van der Waals surface area contributed by atoms with Crippen molar-refractivity contribution < 1.29 is 14.9 Å². The summed E-state index contributed by atoms with van der Waals surface area (Å²) in [6.07, 6.45) is 2.88. The summed E-state index contributed by atoms with van der Waals surface area (Å²) in [7, 11) is 0. The summed E-state index contributed by atoms with van der Waals surface area (Å²) < 4.78 is 5.88. The lowest BCUT2D eigenvalue weighted by Gasteiger charge is -2.21. The van der Waals surface area contributed by atoms with Crippen LogP contribution in [0.3, 0.4) is 0 Å². The van der Waals surface area contributed by atoms with Gasteiger partial charge in [-0.1, -0.05) is 35.9 Å². The van der Waals surface area contributed by atoms with Crippen LogP contribution in [0.2, 0.25) is 5.02 Å². The smallest absolute Gasteiger partial charge is 0.127 e. The highest BCUT2D eigenvalue weighted by Crippen LogP contribution is 2.42. The Morgan fingerprint density at radius 2 is 1.46 bits per heavy atom. The van der Waals surface area contributed by atoms with Gasteiger partial charge in [-0.05, 0) is 36.8 Å². The van der Waals surface area contributed by atoms with E-state index in [9.17, 15) is 10.2 Å². The van der Waals surface area contributed by atoms with Crippen molar-refractivity contribution in [2.45, 2.75) is 12.8 Å². The minimum atomic E-state index is 0.212. The van der Waals surface area contributed by atoms with Crippen molar-refractivity contribution >= 4 is 22.4 Å². The third-order valence-corrected chi connectivity index (χ3v) is 4.57. The summed E-state index contributed by atoms with van der Waals surface area (Å²) >= 11 is 5.88.